The van der Waals surface area contributed by atoms with Gasteiger partial charge < -0.3 is 9.97 Å². The summed E-state index contributed by atoms with van der Waals surface area (Å²) in [7, 11) is 0. The zero-order valence-electron chi connectivity index (χ0n) is 26.9. The highest BCUT2D eigenvalue weighted by Crippen LogP contribution is 2.32. The highest BCUT2D eigenvalue weighted by molar-refractivity contribution is 6.35. The van der Waals surface area contributed by atoms with E-state index in [-0.39, 0.29) is 11.7 Å². The lowest BCUT2D eigenvalue weighted by Crippen LogP contribution is -2.21. The predicted octanol–water partition coefficient (Wildman–Crippen LogP) is 6.98. The SMILES string of the molecule is O=C1C=CC(/C(c2ccccc2)=c2/cc/c(=C(C3=N/C(=C(\c4ccccc4)c4ccc(C(=O)c5ccccc5)[nH]4)C=C3)\c3ccccc3)[nH]2)=N1. The number of aromatic nitrogens is 2. The first-order valence-electron chi connectivity index (χ1n) is 16.3. The van der Waals surface area contributed by atoms with Crippen molar-refractivity contribution >= 4 is 39.8 Å². The van der Waals surface area contributed by atoms with Crippen LogP contribution in [0.4, 0.5) is 0 Å². The largest absolute Gasteiger partial charge is 0.354 e. The zero-order chi connectivity index (χ0) is 33.9. The third-order valence-electron chi connectivity index (χ3n) is 8.67. The van der Waals surface area contributed by atoms with Gasteiger partial charge in [0, 0.05) is 44.8 Å². The number of hydrogen-bond acceptors (Lipinski definition) is 3. The van der Waals surface area contributed by atoms with Crippen molar-refractivity contribution in [2.45, 2.75) is 0 Å². The maximum absolute atomic E-state index is 13.3. The molecule has 0 radical (unpaired) electrons. The molecule has 4 heterocycles. The lowest BCUT2D eigenvalue weighted by atomic mass is 10.0. The molecule has 2 aromatic heterocycles. The van der Waals surface area contributed by atoms with Gasteiger partial charge in [-0.3, -0.25) is 9.59 Å². The van der Waals surface area contributed by atoms with E-state index < -0.39 is 0 Å². The summed E-state index contributed by atoms with van der Waals surface area (Å²) in [5.41, 5.74) is 9.68. The van der Waals surface area contributed by atoms with Crippen LogP contribution in [0.5, 0.6) is 0 Å². The fourth-order valence-corrected chi connectivity index (χ4v) is 6.37. The summed E-state index contributed by atoms with van der Waals surface area (Å²) in [6.45, 7) is 0. The number of carbonyl (C=O) groups is 2. The number of carbonyl (C=O) groups excluding carboxylic acids is 2. The van der Waals surface area contributed by atoms with E-state index >= 15 is 0 Å². The number of rotatable bonds is 8. The van der Waals surface area contributed by atoms with Crippen LogP contribution < -0.4 is 10.7 Å². The number of H-pyrrole nitrogens is 2. The number of nitrogens with zero attached hydrogens (tertiary/aromatic N) is 2. The number of amides is 1. The van der Waals surface area contributed by atoms with Gasteiger partial charge in [0.25, 0.3) is 5.91 Å². The molecule has 2 aliphatic heterocycles. The smallest absolute Gasteiger partial charge is 0.270 e. The average molecular weight is 647 g/mol. The number of hydrogen-bond donors (Lipinski definition) is 2. The van der Waals surface area contributed by atoms with Crippen LogP contribution in [-0.2, 0) is 4.79 Å². The van der Waals surface area contributed by atoms with Crippen LogP contribution in [0.3, 0.4) is 0 Å². The van der Waals surface area contributed by atoms with Crippen LogP contribution in [0.1, 0.15) is 38.4 Å². The Labute approximate surface area is 288 Å². The minimum atomic E-state index is -0.269. The van der Waals surface area contributed by atoms with E-state index in [4.69, 9.17) is 4.99 Å². The van der Waals surface area contributed by atoms with Crippen molar-refractivity contribution in [3.05, 3.63) is 220 Å². The Morgan fingerprint density at radius 3 is 1.40 bits per heavy atom. The van der Waals surface area contributed by atoms with E-state index in [2.05, 4.69) is 27.1 Å². The second-order valence-electron chi connectivity index (χ2n) is 11.9. The standard InChI is InChI=1S/C44H30N4O2/c49-40-28-27-38(48-40)43(31-17-9-3-10-18-31)36-24-23-34(46-36)41(29-13-5-1-6-14-29)33-21-22-35(45-33)42(30-15-7-2-8-16-30)37-25-26-39(47-37)44(50)32-19-11-4-12-20-32/h1-28,46-47H/b41-34-,42-35+,43-36-. The van der Waals surface area contributed by atoms with Crippen molar-refractivity contribution in [2.24, 2.45) is 9.98 Å². The molecule has 1 amide bonds. The summed E-state index contributed by atoms with van der Waals surface area (Å²) in [5, 5.41) is 1.71. The van der Waals surface area contributed by atoms with Crippen molar-refractivity contribution < 1.29 is 9.59 Å². The minimum Gasteiger partial charge on any atom is -0.354 e. The van der Waals surface area contributed by atoms with Crippen molar-refractivity contribution in [3.8, 4) is 0 Å². The molecular formula is C44H30N4O2. The van der Waals surface area contributed by atoms with Crippen LogP contribution in [-0.4, -0.2) is 33.1 Å². The summed E-state index contributed by atoms with van der Waals surface area (Å²) >= 11 is 0. The Morgan fingerprint density at radius 1 is 0.420 bits per heavy atom. The number of aliphatic imine (C=N–C) groups is 2. The molecule has 0 saturated carbocycles. The monoisotopic (exact) mass is 646 g/mol. The molecule has 0 saturated heterocycles. The molecule has 8 rings (SSSR count). The highest BCUT2D eigenvalue weighted by atomic mass is 16.1. The van der Waals surface area contributed by atoms with Gasteiger partial charge in [-0.15, -0.1) is 0 Å². The molecule has 0 atom stereocenters. The quantitative estimate of drug-likeness (QED) is 0.175. The fraction of sp³-hybridized carbons (Fsp3) is 0. The number of allylic oxidation sites excluding steroid dienone is 3. The van der Waals surface area contributed by atoms with Gasteiger partial charge in [-0.2, -0.15) is 0 Å². The molecule has 0 unspecified atom stereocenters. The van der Waals surface area contributed by atoms with Gasteiger partial charge in [-0.1, -0.05) is 121 Å². The summed E-state index contributed by atoms with van der Waals surface area (Å²) < 4.78 is 0. The second-order valence-corrected chi connectivity index (χ2v) is 11.9. The lowest BCUT2D eigenvalue weighted by Gasteiger charge is -2.09. The predicted molar refractivity (Wildman–Crippen MR) is 199 cm³/mol. The lowest BCUT2D eigenvalue weighted by molar-refractivity contribution is -0.113. The average Bonchev–Trinajstić information content (AvgIpc) is 4.01. The fourth-order valence-electron chi connectivity index (χ4n) is 6.37. The van der Waals surface area contributed by atoms with Crippen LogP contribution in [0.25, 0.3) is 16.7 Å². The summed E-state index contributed by atoms with van der Waals surface area (Å²) in [6, 6.07) is 47.3. The van der Waals surface area contributed by atoms with Crippen molar-refractivity contribution in [3.63, 3.8) is 0 Å². The van der Waals surface area contributed by atoms with Crippen LogP contribution in [0, 0.1) is 0 Å². The number of ketones is 1. The topological polar surface area (TPSA) is 90.4 Å². The van der Waals surface area contributed by atoms with Crippen molar-refractivity contribution in [2.75, 3.05) is 0 Å². The molecule has 2 aliphatic rings. The van der Waals surface area contributed by atoms with Gasteiger partial charge in [0.1, 0.15) is 0 Å². The van der Waals surface area contributed by atoms with E-state index in [1.807, 2.05) is 146 Å². The van der Waals surface area contributed by atoms with Crippen LogP contribution >= 0.6 is 0 Å². The van der Waals surface area contributed by atoms with Gasteiger partial charge >= 0.3 is 0 Å². The van der Waals surface area contributed by atoms with E-state index in [1.54, 1.807) is 6.08 Å². The summed E-state index contributed by atoms with van der Waals surface area (Å²) in [5.74, 6) is -0.341. The van der Waals surface area contributed by atoms with Gasteiger partial charge in [0.05, 0.1) is 22.8 Å². The molecule has 50 heavy (non-hydrogen) atoms. The molecular weight excluding hydrogens is 617 g/mol. The maximum Gasteiger partial charge on any atom is 0.270 e. The van der Waals surface area contributed by atoms with Crippen LogP contribution in [0.2, 0.25) is 0 Å². The van der Waals surface area contributed by atoms with Gasteiger partial charge in [-0.05, 0) is 59.2 Å². The van der Waals surface area contributed by atoms with E-state index in [9.17, 15) is 9.59 Å². The maximum atomic E-state index is 13.3. The molecule has 2 N–H and O–H groups in total. The highest BCUT2D eigenvalue weighted by Gasteiger charge is 2.21. The Balaban J connectivity index is 1.31. The third-order valence-corrected chi connectivity index (χ3v) is 8.67. The Hall–Kier alpha value is -6.92. The molecule has 0 spiro atoms. The first-order chi connectivity index (χ1) is 24.6. The Kier molecular flexibility index (Phi) is 8.09. The van der Waals surface area contributed by atoms with Crippen molar-refractivity contribution in [1.82, 2.24) is 9.97 Å². The van der Waals surface area contributed by atoms with Gasteiger partial charge in [0.2, 0.25) is 5.78 Å². The van der Waals surface area contributed by atoms with Gasteiger partial charge in [0.15, 0.2) is 0 Å². The normalized spacial score (nSPS) is 15.9. The van der Waals surface area contributed by atoms with Crippen molar-refractivity contribution in [1.29, 1.82) is 0 Å². The molecule has 6 nitrogen and oxygen atoms in total. The minimum absolute atomic E-state index is 0.0715. The number of benzene rings is 4. The Morgan fingerprint density at radius 2 is 0.880 bits per heavy atom. The molecule has 0 bridgehead atoms. The summed E-state index contributed by atoms with van der Waals surface area (Å²) in [6.07, 6.45) is 7.31. The van der Waals surface area contributed by atoms with Crippen LogP contribution in [0.15, 0.2) is 186 Å². The first-order valence-corrected chi connectivity index (χ1v) is 16.3. The van der Waals surface area contributed by atoms with E-state index in [1.165, 1.54) is 6.08 Å². The third kappa shape index (κ3) is 5.98. The van der Waals surface area contributed by atoms with E-state index in [0.717, 1.165) is 61.2 Å². The first kappa shape index (κ1) is 30.4. The molecule has 6 aromatic rings. The number of aromatic amines is 2. The Bertz CT molecular complexity index is 2530. The molecule has 4 aromatic carbocycles. The zero-order valence-corrected chi connectivity index (χ0v) is 26.9. The van der Waals surface area contributed by atoms with Gasteiger partial charge in [-0.25, -0.2) is 9.98 Å². The molecule has 0 aliphatic carbocycles. The molecule has 0 fully saturated rings. The second kappa shape index (κ2) is 13.3. The summed E-state index contributed by atoms with van der Waals surface area (Å²) in [4.78, 5) is 42.0. The van der Waals surface area contributed by atoms with E-state index in [0.29, 0.717) is 17.0 Å². The number of nitrogens with one attached hydrogen (secondary N) is 2. The molecule has 238 valence electrons. The molecule has 6 heteroatoms.